The summed E-state index contributed by atoms with van der Waals surface area (Å²) in [7, 11) is 13.7. The Labute approximate surface area is 346 Å². The van der Waals surface area contributed by atoms with E-state index in [9.17, 15) is 15.3 Å². The third-order valence-corrected chi connectivity index (χ3v) is 12.4. The summed E-state index contributed by atoms with van der Waals surface area (Å²) in [6.07, 6.45) is 33.3. The molecule has 0 aromatic rings. The Hall–Kier alpha value is -0.280. The molecule has 55 heavy (non-hydrogen) atoms. The van der Waals surface area contributed by atoms with E-state index in [2.05, 4.69) is 68.0 Å². The number of hydrogen-bond donors (Lipinski definition) is 3. The van der Waals surface area contributed by atoms with Crippen molar-refractivity contribution in [3.05, 3.63) is 0 Å². The maximum atomic E-state index is 11.0. The molecule has 0 aliphatic heterocycles. The molecule has 7 heteroatoms. The molecule has 0 aliphatic carbocycles. The lowest BCUT2D eigenvalue weighted by Gasteiger charge is -2.38. The van der Waals surface area contributed by atoms with Gasteiger partial charge in [0.1, 0.15) is 37.9 Å². The van der Waals surface area contributed by atoms with Crippen LogP contribution in [0.15, 0.2) is 0 Å². The highest BCUT2D eigenvalue weighted by molar-refractivity contribution is 4.63. The van der Waals surface area contributed by atoms with Gasteiger partial charge in [0.2, 0.25) is 0 Å². The largest absolute Gasteiger partial charge is 0.387 e. The van der Waals surface area contributed by atoms with Gasteiger partial charge < -0.3 is 28.8 Å². The molecule has 0 radical (unpaired) electrons. The first-order chi connectivity index (χ1) is 26.1. The molecule has 0 heterocycles. The summed E-state index contributed by atoms with van der Waals surface area (Å²) in [4.78, 5) is 2.64. The van der Waals surface area contributed by atoms with E-state index in [-0.39, 0.29) is 18.3 Å². The van der Waals surface area contributed by atoms with Crippen molar-refractivity contribution in [1.82, 2.24) is 4.90 Å². The topological polar surface area (TPSA) is 63.9 Å². The van der Waals surface area contributed by atoms with Crippen molar-refractivity contribution >= 4 is 0 Å². The summed E-state index contributed by atoms with van der Waals surface area (Å²) in [5.41, 5.74) is 0. The molecule has 3 N–H and O–H groups in total. The first-order valence-corrected chi connectivity index (χ1v) is 24.4. The van der Waals surface area contributed by atoms with Crippen LogP contribution in [0.25, 0.3) is 0 Å². The molecule has 7 nitrogen and oxygen atoms in total. The minimum Gasteiger partial charge on any atom is -0.387 e. The van der Waals surface area contributed by atoms with E-state index < -0.39 is 0 Å². The third-order valence-electron chi connectivity index (χ3n) is 12.4. The Bertz CT molecular complexity index is 718. The van der Waals surface area contributed by atoms with E-state index in [4.69, 9.17) is 0 Å². The Kier molecular flexibility index (Phi) is 34.4. The predicted molar refractivity (Wildman–Crippen MR) is 242 cm³/mol. The predicted octanol–water partition coefficient (Wildman–Crippen LogP) is 10.2. The van der Waals surface area contributed by atoms with Gasteiger partial charge in [-0.05, 0) is 19.3 Å². The van der Waals surface area contributed by atoms with E-state index in [0.717, 1.165) is 111 Å². The third kappa shape index (κ3) is 36.5. The van der Waals surface area contributed by atoms with Gasteiger partial charge in [0, 0.05) is 19.6 Å². The first kappa shape index (κ1) is 54.7. The van der Waals surface area contributed by atoms with Gasteiger partial charge in [0.05, 0.1) is 61.9 Å². The zero-order valence-electron chi connectivity index (χ0n) is 39.3. The second-order valence-electron chi connectivity index (χ2n) is 20.1. The summed E-state index contributed by atoms with van der Waals surface area (Å²) in [5.74, 6) is 0. The van der Waals surface area contributed by atoms with Gasteiger partial charge in [0.15, 0.2) is 0 Å². The lowest BCUT2D eigenvalue weighted by molar-refractivity contribution is -0.898. The molecule has 0 aromatic carbocycles. The molecule has 0 fully saturated rings. The SMILES string of the molecule is CCCCCCCCCCC(O)C[N+](C)(C)CCN(CC[N+](C)(C)CC(O)CCCCCCCCCC)CC[N+](C)(C)CC(O)CCCCCCCCCC. The molecule has 0 bridgehead atoms. The zero-order valence-corrected chi connectivity index (χ0v) is 39.3. The smallest absolute Gasteiger partial charge is 0.105 e. The Morgan fingerprint density at radius 1 is 0.327 bits per heavy atom. The molecule has 0 aliphatic rings. The van der Waals surface area contributed by atoms with Gasteiger partial charge in [-0.2, -0.15) is 0 Å². The van der Waals surface area contributed by atoms with Gasteiger partial charge in [-0.1, -0.05) is 175 Å². The average Bonchev–Trinajstić information content (AvgIpc) is 3.10. The molecule has 3 atom stereocenters. The van der Waals surface area contributed by atoms with Crippen LogP contribution in [0.4, 0.5) is 0 Å². The molecular formula is C48H105N4O3+3. The number of hydrogen-bond acceptors (Lipinski definition) is 4. The van der Waals surface area contributed by atoms with Crippen LogP contribution in [0.5, 0.6) is 0 Å². The van der Waals surface area contributed by atoms with E-state index in [0.29, 0.717) is 0 Å². The molecule has 332 valence electrons. The van der Waals surface area contributed by atoms with E-state index >= 15 is 0 Å². The summed E-state index contributed by atoms with van der Waals surface area (Å²) >= 11 is 0. The quantitative estimate of drug-likeness (QED) is 0.0426. The van der Waals surface area contributed by atoms with Crippen LogP contribution in [0.3, 0.4) is 0 Å². The molecule has 0 aromatic heterocycles. The van der Waals surface area contributed by atoms with Gasteiger partial charge in [-0.3, -0.25) is 4.90 Å². The first-order valence-electron chi connectivity index (χ1n) is 24.4. The minimum absolute atomic E-state index is 0.236. The van der Waals surface area contributed by atoms with Crippen molar-refractivity contribution in [2.24, 2.45) is 0 Å². The molecule has 3 unspecified atom stereocenters. The lowest BCUT2D eigenvalue weighted by Crippen LogP contribution is -2.54. The van der Waals surface area contributed by atoms with Crippen LogP contribution >= 0.6 is 0 Å². The number of aliphatic hydroxyl groups is 3. The van der Waals surface area contributed by atoms with Crippen LogP contribution in [0.2, 0.25) is 0 Å². The van der Waals surface area contributed by atoms with Gasteiger partial charge in [-0.25, -0.2) is 0 Å². The average molecular weight is 786 g/mol. The van der Waals surface area contributed by atoms with Crippen molar-refractivity contribution in [2.75, 3.05) is 101 Å². The standard InChI is InChI=1S/C48H105N4O3/c1-10-13-16-19-22-25-28-31-34-46(53)43-50(4,5)40-37-49(38-41-51(6,7)44-47(54)35-32-29-26-23-20-17-14-11-2)39-42-52(8,9)45-48(55)36-33-30-27-24-21-18-15-12-3/h46-48,53-55H,10-45H2,1-9H3/q+3. The van der Waals surface area contributed by atoms with Crippen LogP contribution in [-0.2, 0) is 0 Å². The fraction of sp³-hybridized carbons (Fsp3) is 1.00. The number of nitrogens with zero attached hydrogens (tertiary/aromatic N) is 4. The number of likely N-dealkylation sites (N-methyl/N-ethyl adjacent to an activating group) is 3. The number of quaternary nitrogens is 3. The van der Waals surface area contributed by atoms with Gasteiger partial charge in [0.25, 0.3) is 0 Å². The van der Waals surface area contributed by atoms with Crippen LogP contribution < -0.4 is 0 Å². The van der Waals surface area contributed by atoms with Crippen molar-refractivity contribution in [1.29, 1.82) is 0 Å². The monoisotopic (exact) mass is 786 g/mol. The Morgan fingerprint density at radius 3 is 0.745 bits per heavy atom. The van der Waals surface area contributed by atoms with E-state index in [1.807, 2.05) is 0 Å². The summed E-state index contributed by atoms with van der Waals surface area (Å²) in [5, 5.41) is 33.0. The van der Waals surface area contributed by atoms with E-state index in [1.165, 1.54) is 135 Å². The molecule has 0 spiro atoms. The molecular weight excluding hydrogens is 681 g/mol. The molecule has 0 saturated carbocycles. The number of rotatable bonds is 42. The van der Waals surface area contributed by atoms with Gasteiger partial charge in [-0.15, -0.1) is 0 Å². The number of unbranched alkanes of at least 4 members (excludes halogenated alkanes) is 21. The van der Waals surface area contributed by atoms with Gasteiger partial charge >= 0.3 is 0 Å². The highest BCUT2D eigenvalue weighted by Crippen LogP contribution is 2.16. The zero-order chi connectivity index (χ0) is 41.3. The maximum Gasteiger partial charge on any atom is 0.105 e. The highest BCUT2D eigenvalue weighted by atomic mass is 16.3. The fourth-order valence-electron chi connectivity index (χ4n) is 8.37. The normalized spacial score (nSPS) is 14.6. The molecule has 0 amide bonds. The van der Waals surface area contributed by atoms with Crippen LogP contribution in [0.1, 0.15) is 194 Å². The van der Waals surface area contributed by atoms with Crippen molar-refractivity contribution in [2.45, 2.75) is 212 Å². The summed E-state index contributed by atoms with van der Waals surface area (Å²) in [6.45, 7) is 15.3. The summed E-state index contributed by atoms with van der Waals surface area (Å²) < 4.78 is 2.50. The maximum absolute atomic E-state index is 11.0. The second kappa shape index (κ2) is 34.6. The molecule has 0 saturated heterocycles. The van der Waals surface area contributed by atoms with Crippen LogP contribution in [0, 0.1) is 0 Å². The van der Waals surface area contributed by atoms with E-state index in [1.54, 1.807) is 0 Å². The van der Waals surface area contributed by atoms with Crippen molar-refractivity contribution in [3.8, 4) is 0 Å². The Morgan fingerprint density at radius 2 is 0.527 bits per heavy atom. The fourth-order valence-corrected chi connectivity index (χ4v) is 8.37. The number of aliphatic hydroxyl groups excluding tert-OH is 3. The second-order valence-corrected chi connectivity index (χ2v) is 20.1. The lowest BCUT2D eigenvalue weighted by atomic mass is 10.1. The highest BCUT2D eigenvalue weighted by Gasteiger charge is 2.27. The van der Waals surface area contributed by atoms with Crippen LogP contribution in [-0.4, -0.2) is 153 Å². The molecule has 0 rings (SSSR count). The Balaban J connectivity index is 5.03. The summed E-state index contributed by atoms with van der Waals surface area (Å²) in [6, 6.07) is 0. The van der Waals surface area contributed by atoms with Crippen molar-refractivity contribution < 1.29 is 28.8 Å². The van der Waals surface area contributed by atoms with Crippen molar-refractivity contribution in [3.63, 3.8) is 0 Å². The minimum atomic E-state index is -0.236.